The van der Waals surface area contributed by atoms with Crippen LogP contribution >= 0.6 is 0 Å². The number of rotatable bonds is 15. The van der Waals surface area contributed by atoms with Crippen LogP contribution in [0, 0.1) is 22.0 Å². The van der Waals surface area contributed by atoms with E-state index in [1.165, 1.54) is 0 Å². The molecule has 6 atom stereocenters. The predicted molar refractivity (Wildman–Crippen MR) is 144 cm³/mol. The number of aliphatic carboxylic acids is 1. The lowest BCUT2D eigenvalue weighted by Crippen LogP contribution is -2.51. The molecule has 0 saturated carbocycles. The Morgan fingerprint density at radius 2 is 1.74 bits per heavy atom. The molecule has 1 saturated heterocycles. The zero-order valence-corrected chi connectivity index (χ0v) is 22.1. The quantitative estimate of drug-likeness (QED) is 0.179. The van der Waals surface area contributed by atoms with Gasteiger partial charge in [-0.2, -0.15) is 0 Å². The first-order valence-electron chi connectivity index (χ1n) is 13.4. The number of ether oxygens (including phenoxy) is 1. The number of carbonyl (C=O) groups is 2. The minimum absolute atomic E-state index is 0.0196. The second-order valence-corrected chi connectivity index (χ2v) is 10.0. The molecule has 0 spiro atoms. The third kappa shape index (κ3) is 7.85. The van der Waals surface area contributed by atoms with Crippen molar-refractivity contribution >= 4 is 11.9 Å². The molecule has 9 heteroatoms. The van der Waals surface area contributed by atoms with E-state index in [0.29, 0.717) is 32.4 Å². The van der Waals surface area contributed by atoms with E-state index in [4.69, 9.17) is 9.84 Å². The highest BCUT2D eigenvalue weighted by Gasteiger charge is 2.57. The molecule has 0 radical (unpaired) electrons. The summed E-state index contributed by atoms with van der Waals surface area (Å²) in [6, 6.07) is 16.4. The second-order valence-electron chi connectivity index (χ2n) is 10.0. The molecule has 1 aliphatic heterocycles. The van der Waals surface area contributed by atoms with Crippen LogP contribution in [0.25, 0.3) is 0 Å². The summed E-state index contributed by atoms with van der Waals surface area (Å²) in [6.07, 6.45) is 2.17. The van der Waals surface area contributed by atoms with Gasteiger partial charge in [0, 0.05) is 17.9 Å². The van der Waals surface area contributed by atoms with E-state index in [-0.39, 0.29) is 23.2 Å². The van der Waals surface area contributed by atoms with E-state index < -0.39 is 36.1 Å². The Bertz CT molecular complexity index is 1040. The van der Waals surface area contributed by atoms with Crippen molar-refractivity contribution in [1.29, 1.82) is 0 Å². The molecule has 1 fully saturated rings. The average Bonchev–Trinajstić information content (AvgIpc) is 3.32. The van der Waals surface area contributed by atoms with Gasteiger partial charge in [0.15, 0.2) is 0 Å². The van der Waals surface area contributed by atoms with Crippen LogP contribution in [0.1, 0.15) is 63.1 Å². The van der Waals surface area contributed by atoms with Gasteiger partial charge in [0.2, 0.25) is 11.9 Å². The lowest BCUT2D eigenvalue weighted by molar-refractivity contribution is -0.535. The largest absolute Gasteiger partial charge is 0.481 e. The molecule has 2 aromatic rings. The number of carboxylic acid groups (broad SMARTS) is 1. The monoisotopic (exact) mass is 525 g/mol. The summed E-state index contributed by atoms with van der Waals surface area (Å²) in [4.78, 5) is 36.5. The summed E-state index contributed by atoms with van der Waals surface area (Å²) in [5.41, 5.74) is 1.72. The maximum absolute atomic E-state index is 13.5. The number of carbonyl (C=O) groups excluding carboxylic acids is 1. The maximum Gasteiger partial charge on any atom is 0.303 e. The van der Waals surface area contributed by atoms with Crippen molar-refractivity contribution in [2.75, 3.05) is 6.54 Å². The minimum atomic E-state index is -1.06. The second kappa shape index (κ2) is 14.6. The van der Waals surface area contributed by atoms with Crippen molar-refractivity contribution in [2.24, 2.45) is 11.8 Å². The first-order chi connectivity index (χ1) is 18.3. The summed E-state index contributed by atoms with van der Waals surface area (Å²) >= 11 is 0. The molecule has 3 rings (SSSR count). The van der Waals surface area contributed by atoms with Gasteiger partial charge in [0.25, 0.3) is 0 Å². The van der Waals surface area contributed by atoms with Gasteiger partial charge in [-0.15, -0.1) is 0 Å². The van der Waals surface area contributed by atoms with Crippen LogP contribution in [0.5, 0.6) is 0 Å². The van der Waals surface area contributed by atoms with Gasteiger partial charge in [-0.1, -0.05) is 87.4 Å². The number of hydrogen-bond donors (Lipinski definition) is 3. The fourth-order valence-corrected chi connectivity index (χ4v) is 5.23. The summed E-state index contributed by atoms with van der Waals surface area (Å²) in [5, 5.41) is 27.6. The standard InChI is InChI=1S/C29H39N3O6/c1-3-20(2)28(38-19-21-13-7-4-8-14-21)24-26(29(35)30-18-12-6-11-17-23(33)34)31-25(27(24)32(36)37)22-15-9-5-10-16-22/h4-5,7-10,13-16,20,24-28,31H,3,6,11-12,17-19H2,1-2H3,(H,30,35)(H,33,34)/t20-,24?,25?,26?,27?,28?/m0/s1. The average molecular weight is 526 g/mol. The molecule has 1 aliphatic rings. The van der Waals surface area contributed by atoms with Crippen molar-refractivity contribution in [3.05, 3.63) is 81.9 Å². The van der Waals surface area contributed by atoms with Crippen molar-refractivity contribution in [1.82, 2.24) is 10.6 Å². The normalized spacial score (nSPS) is 22.5. The van der Waals surface area contributed by atoms with Crippen LogP contribution in [-0.2, 0) is 20.9 Å². The topological polar surface area (TPSA) is 131 Å². The zero-order valence-electron chi connectivity index (χ0n) is 22.1. The van der Waals surface area contributed by atoms with Gasteiger partial charge >= 0.3 is 5.97 Å². The molecule has 1 heterocycles. The van der Waals surface area contributed by atoms with Gasteiger partial charge in [-0.05, 0) is 29.9 Å². The Morgan fingerprint density at radius 3 is 2.34 bits per heavy atom. The molecule has 0 aromatic heterocycles. The molecule has 3 N–H and O–H groups in total. The van der Waals surface area contributed by atoms with Crippen molar-refractivity contribution < 1.29 is 24.4 Å². The summed E-state index contributed by atoms with van der Waals surface area (Å²) in [6.45, 7) is 4.71. The number of carboxylic acids is 1. The summed E-state index contributed by atoms with van der Waals surface area (Å²) in [7, 11) is 0. The number of benzene rings is 2. The number of nitro groups is 1. The number of amides is 1. The van der Waals surface area contributed by atoms with E-state index in [2.05, 4.69) is 10.6 Å². The van der Waals surface area contributed by atoms with Crippen LogP contribution in [0.4, 0.5) is 0 Å². The van der Waals surface area contributed by atoms with E-state index in [9.17, 15) is 19.7 Å². The minimum Gasteiger partial charge on any atom is -0.481 e. The van der Waals surface area contributed by atoms with Crippen molar-refractivity contribution in [2.45, 2.75) is 76.8 Å². The van der Waals surface area contributed by atoms with Crippen LogP contribution in [0.3, 0.4) is 0 Å². The molecule has 5 unspecified atom stereocenters. The highest BCUT2D eigenvalue weighted by atomic mass is 16.6. The Morgan fingerprint density at radius 1 is 1.08 bits per heavy atom. The highest BCUT2D eigenvalue weighted by molar-refractivity contribution is 5.83. The summed E-state index contributed by atoms with van der Waals surface area (Å²) in [5.74, 6) is -1.85. The Kier molecular flexibility index (Phi) is 11.2. The lowest BCUT2D eigenvalue weighted by atomic mass is 9.80. The lowest BCUT2D eigenvalue weighted by Gasteiger charge is -2.32. The van der Waals surface area contributed by atoms with Gasteiger partial charge in [-0.3, -0.25) is 25.0 Å². The van der Waals surface area contributed by atoms with Gasteiger partial charge in [-0.25, -0.2) is 0 Å². The third-order valence-electron chi connectivity index (χ3n) is 7.40. The Hall–Kier alpha value is -3.30. The SMILES string of the molecule is CC[C@H](C)C(OCc1ccccc1)C1C(C(=O)NCCCCCC(=O)O)NC(c2ccccc2)C1[N+](=O)[O-]. The van der Waals surface area contributed by atoms with E-state index >= 15 is 0 Å². The molecular formula is C29H39N3O6. The Labute approximate surface area is 224 Å². The van der Waals surface area contributed by atoms with Crippen LogP contribution in [0.2, 0.25) is 0 Å². The smallest absolute Gasteiger partial charge is 0.303 e. The predicted octanol–water partition coefficient (Wildman–Crippen LogP) is 4.35. The molecule has 206 valence electrons. The van der Waals surface area contributed by atoms with Crippen molar-refractivity contribution in [3.8, 4) is 0 Å². The molecule has 38 heavy (non-hydrogen) atoms. The van der Waals surface area contributed by atoms with Gasteiger partial charge in [0.05, 0.1) is 24.7 Å². The highest BCUT2D eigenvalue weighted by Crippen LogP contribution is 2.39. The first-order valence-corrected chi connectivity index (χ1v) is 13.4. The Balaban J connectivity index is 1.85. The van der Waals surface area contributed by atoms with Crippen LogP contribution < -0.4 is 10.6 Å². The molecule has 2 aromatic carbocycles. The van der Waals surface area contributed by atoms with E-state index in [0.717, 1.165) is 17.5 Å². The van der Waals surface area contributed by atoms with Crippen molar-refractivity contribution in [3.63, 3.8) is 0 Å². The first kappa shape index (κ1) is 29.3. The maximum atomic E-state index is 13.5. The molecular weight excluding hydrogens is 486 g/mol. The van der Waals surface area contributed by atoms with E-state index in [1.807, 2.05) is 74.5 Å². The third-order valence-corrected chi connectivity index (χ3v) is 7.40. The molecule has 1 amide bonds. The molecule has 9 nitrogen and oxygen atoms in total. The number of unbranched alkanes of at least 4 members (excludes halogenated alkanes) is 2. The zero-order chi connectivity index (χ0) is 27.5. The number of nitrogens with zero attached hydrogens (tertiary/aromatic N) is 1. The van der Waals surface area contributed by atoms with Crippen LogP contribution in [0.15, 0.2) is 60.7 Å². The fourth-order valence-electron chi connectivity index (χ4n) is 5.23. The fraction of sp³-hybridized carbons (Fsp3) is 0.517. The summed E-state index contributed by atoms with van der Waals surface area (Å²) < 4.78 is 6.41. The van der Waals surface area contributed by atoms with E-state index in [1.54, 1.807) is 0 Å². The van der Waals surface area contributed by atoms with Gasteiger partial charge in [0.1, 0.15) is 6.04 Å². The number of hydrogen-bond acceptors (Lipinski definition) is 6. The van der Waals surface area contributed by atoms with Crippen LogP contribution in [-0.4, -0.2) is 46.6 Å². The molecule has 0 aliphatic carbocycles. The number of nitrogens with one attached hydrogen (secondary N) is 2. The molecule has 0 bridgehead atoms. The van der Waals surface area contributed by atoms with Gasteiger partial charge < -0.3 is 15.2 Å².